The third kappa shape index (κ3) is 15.8. The van der Waals surface area contributed by atoms with Gasteiger partial charge in [0, 0.05) is 0 Å². The van der Waals surface area contributed by atoms with E-state index in [0.29, 0.717) is 35.9 Å². The highest BCUT2D eigenvalue weighted by Gasteiger charge is 2.20. The number of hydrogen-bond acceptors (Lipinski definition) is 3. The minimum absolute atomic E-state index is 0.318. The normalized spacial score (nSPS) is 18.5. The summed E-state index contributed by atoms with van der Waals surface area (Å²) in [4.78, 5) is 10.1. The first-order valence-corrected chi connectivity index (χ1v) is 11.4. The van der Waals surface area contributed by atoms with Crippen molar-refractivity contribution >= 4 is 18.5 Å². The van der Waals surface area contributed by atoms with Crippen LogP contribution in [-0.4, -0.2) is 18.1 Å². The summed E-state index contributed by atoms with van der Waals surface area (Å²) in [5.74, 6) is 1.11. The molecule has 0 fully saturated rings. The predicted molar refractivity (Wildman–Crippen MR) is 104 cm³/mol. The molecule has 23 heavy (non-hydrogen) atoms. The van der Waals surface area contributed by atoms with E-state index >= 15 is 0 Å². The Kier molecular flexibility index (Phi) is 10.1. The molecule has 0 aromatic carbocycles. The van der Waals surface area contributed by atoms with Crippen LogP contribution in [0.5, 0.6) is 0 Å². The van der Waals surface area contributed by atoms with Gasteiger partial charge in [0.15, 0.2) is 0 Å². The third-order valence-corrected chi connectivity index (χ3v) is 5.30. The Bertz CT molecular complexity index is 339. The lowest BCUT2D eigenvalue weighted by Gasteiger charge is -2.24. The maximum Gasteiger partial charge on any atom is 0.324 e. The first kappa shape index (κ1) is 23.5. The summed E-state index contributed by atoms with van der Waals surface area (Å²) in [5.41, 5.74) is 0.636. The highest BCUT2D eigenvalue weighted by molar-refractivity contribution is 8.07. The number of rotatable bonds is 10. The van der Waals surface area contributed by atoms with Gasteiger partial charge >= 0.3 is 6.72 Å². The fourth-order valence-corrected chi connectivity index (χ4v) is 4.26. The summed E-state index contributed by atoms with van der Waals surface area (Å²) < 4.78 is 10.9. The molecule has 2 atom stereocenters. The van der Waals surface area contributed by atoms with Crippen LogP contribution >= 0.6 is 6.72 Å². The Morgan fingerprint density at radius 1 is 0.826 bits per heavy atom. The van der Waals surface area contributed by atoms with E-state index in [1.807, 2.05) is 0 Å². The summed E-state index contributed by atoms with van der Waals surface area (Å²) in [6, 6.07) is 0. The average Bonchev–Trinajstić information content (AvgIpc) is 2.22. The second-order valence-corrected chi connectivity index (χ2v) is 12.3. The minimum atomic E-state index is -3.07. The molecular formula is C18H39O3PS. The molecule has 0 heterocycles. The molecule has 0 aliphatic rings. The molecule has 5 heteroatoms. The summed E-state index contributed by atoms with van der Waals surface area (Å²) >= 11 is 5.09. The molecule has 0 amide bonds. The van der Waals surface area contributed by atoms with E-state index in [4.69, 9.17) is 20.9 Å². The molecule has 1 N–H and O–H groups in total. The van der Waals surface area contributed by atoms with Crippen molar-refractivity contribution in [3.05, 3.63) is 0 Å². The van der Waals surface area contributed by atoms with Gasteiger partial charge in [0.05, 0.1) is 13.2 Å². The molecule has 0 rings (SSSR count). The SMILES string of the molecule is CC(CCOP(O)(=S)OCCC(C)CC(C)(C)C)CC(C)(C)C. The van der Waals surface area contributed by atoms with Crippen LogP contribution in [0.3, 0.4) is 0 Å². The minimum Gasteiger partial charge on any atom is -0.324 e. The highest BCUT2D eigenvalue weighted by Crippen LogP contribution is 2.44. The molecule has 0 aromatic rings. The zero-order chi connectivity index (χ0) is 18.3. The maximum atomic E-state index is 10.1. The van der Waals surface area contributed by atoms with Crippen LogP contribution in [0.25, 0.3) is 0 Å². The van der Waals surface area contributed by atoms with Crippen LogP contribution < -0.4 is 0 Å². The smallest absolute Gasteiger partial charge is 0.324 e. The van der Waals surface area contributed by atoms with Crippen molar-refractivity contribution in [2.45, 2.75) is 81.1 Å². The van der Waals surface area contributed by atoms with Gasteiger partial charge in [-0.1, -0.05) is 55.4 Å². The van der Waals surface area contributed by atoms with Crippen molar-refractivity contribution in [1.29, 1.82) is 0 Å². The monoisotopic (exact) mass is 366 g/mol. The fourth-order valence-electron chi connectivity index (χ4n) is 3.07. The summed E-state index contributed by atoms with van der Waals surface area (Å²) in [6.07, 6.45) is 4.08. The van der Waals surface area contributed by atoms with E-state index in [1.54, 1.807) is 0 Å². The second kappa shape index (κ2) is 9.87. The van der Waals surface area contributed by atoms with E-state index < -0.39 is 6.72 Å². The molecule has 0 saturated carbocycles. The van der Waals surface area contributed by atoms with Gasteiger partial charge in [0.25, 0.3) is 0 Å². The van der Waals surface area contributed by atoms with Gasteiger partial charge in [-0.15, -0.1) is 0 Å². The summed E-state index contributed by atoms with van der Waals surface area (Å²) in [7, 11) is 0. The Hall–Kier alpha value is 0.530. The first-order chi connectivity index (χ1) is 10.2. The number of hydrogen-bond donors (Lipinski definition) is 1. The van der Waals surface area contributed by atoms with Crippen molar-refractivity contribution in [2.75, 3.05) is 13.2 Å². The molecular weight excluding hydrogens is 327 g/mol. The Labute approximate surface area is 149 Å². The fraction of sp³-hybridized carbons (Fsp3) is 1.00. The van der Waals surface area contributed by atoms with Crippen LogP contribution in [0.4, 0.5) is 0 Å². The van der Waals surface area contributed by atoms with Gasteiger partial charge in [-0.3, -0.25) is 0 Å². The van der Waals surface area contributed by atoms with Crippen LogP contribution in [0.15, 0.2) is 0 Å². The van der Waals surface area contributed by atoms with E-state index in [2.05, 4.69) is 55.4 Å². The summed E-state index contributed by atoms with van der Waals surface area (Å²) in [6.45, 7) is 15.7. The lowest BCUT2D eigenvalue weighted by atomic mass is 9.84. The lowest BCUT2D eigenvalue weighted by molar-refractivity contribution is 0.168. The molecule has 0 saturated heterocycles. The molecule has 3 nitrogen and oxygen atoms in total. The maximum absolute atomic E-state index is 10.1. The van der Waals surface area contributed by atoms with Crippen molar-refractivity contribution in [3.8, 4) is 0 Å². The standard InChI is InChI=1S/C18H39O3PS/c1-15(13-17(3,4)5)9-11-20-22(19,23)21-12-10-16(2)14-18(6,7)8/h15-16H,9-14H2,1-8H3,(H,19,23). The largest absolute Gasteiger partial charge is 0.324 e. The van der Waals surface area contributed by atoms with Crippen LogP contribution in [0.2, 0.25) is 0 Å². The topological polar surface area (TPSA) is 38.7 Å². The second-order valence-electron chi connectivity index (χ2n) is 9.45. The molecule has 0 aliphatic carbocycles. The average molecular weight is 367 g/mol. The van der Waals surface area contributed by atoms with Crippen LogP contribution in [-0.2, 0) is 20.9 Å². The van der Waals surface area contributed by atoms with Gasteiger partial charge in [-0.25, -0.2) is 0 Å². The first-order valence-electron chi connectivity index (χ1n) is 8.82. The van der Waals surface area contributed by atoms with Gasteiger partial charge in [0.1, 0.15) is 0 Å². The quantitative estimate of drug-likeness (QED) is 0.470. The predicted octanol–water partition coefficient (Wildman–Crippen LogP) is 6.16. The lowest BCUT2D eigenvalue weighted by Crippen LogP contribution is -2.13. The molecule has 0 radical (unpaired) electrons. The van der Waals surface area contributed by atoms with E-state index in [9.17, 15) is 4.89 Å². The zero-order valence-corrected chi connectivity index (χ0v) is 18.2. The van der Waals surface area contributed by atoms with E-state index in [0.717, 1.165) is 25.7 Å². The van der Waals surface area contributed by atoms with Gasteiger partial charge in [-0.05, 0) is 60.2 Å². The van der Waals surface area contributed by atoms with Crippen molar-refractivity contribution in [3.63, 3.8) is 0 Å². The zero-order valence-electron chi connectivity index (χ0n) is 16.5. The van der Waals surface area contributed by atoms with Crippen molar-refractivity contribution < 1.29 is 13.9 Å². The molecule has 0 aliphatic heterocycles. The van der Waals surface area contributed by atoms with Crippen molar-refractivity contribution in [1.82, 2.24) is 0 Å². The molecule has 0 spiro atoms. The Morgan fingerprint density at radius 2 is 1.13 bits per heavy atom. The van der Waals surface area contributed by atoms with E-state index in [1.165, 1.54) is 0 Å². The third-order valence-electron chi connectivity index (χ3n) is 3.65. The summed E-state index contributed by atoms with van der Waals surface area (Å²) in [5, 5.41) is 0. The van der Waals surface area contributed by atoms with Crippen LogP contribution in [0, 0.1) is 22.7 Å². The highest BCUT2D eigenvalue weighted by atomic mass is 32.5. The molecule has 2 unspecified atom stereocenters. The van der Waals surface area contributed by atoms with Crippen LogP contribution in [0.1, 0.15) is 81.1 Å². The van der Waals surface area contributed by atoms with E-state index in [-0.39, 0.29) is 0 Å². The van der Waals surface area contributed by atoms with Gasteiger partial charge in [-0.2, -0.15) is 0 Å². The Morgan fingerprint density at radius 3 is 1.39 bits per heavy atom. The van der Waals surface area contributed by atoms with Gasteiger partial charge < -0.3 is 13.9 Å². The molecule has 0 bridgehead atoms. The molecule has 140 valence electrons. The molecule has 0 aromatic heterocycles. The van der Waals surface area contributed by atoms with Gasteiger partial charge in [0.2, 0.25) is 0 Å². The van der Waals surface area contributed by atoms with Crippen molar-refractivity contribution in [2.24, 2.45) is 22.7 Å². The Balaban J connectivity index is 3.95.